The summed E-state index contributed by atoms with van der Waals surface area (Å²) in [4.78, 5) is 6.24. The Labute approximate surface area is 84.9 Å². The summed E-state index contributed by atoms with van der Waals surface area (Å²) in [5.74, 6) is 1.33. The lowest BCUT2D eigenvalue weighted by Crippen LogP contribution is -2.24. The highest BCUT2D eigenvalue weighted by Gasteiger charge is 2.09. The summed E-state index contributed by atoms with van der Waals surface area (Å²) in [7, 11) is 1.97. The Balaban J connectivity index is 2.89. The number of hydrogen-bond acceptors (Lipinski definition) is 4. The maximum atomic E-state index is 5.83. The van der Waals surface area contributed by atoms with E-state index in [-0.39, 0.29) is 0 Å². The Morgan fingerprint density at radius 3 is 2.64 bits per heavy atom. The normalized spacial score (nSPS) is 10.6. The van der Waals surface area contributed by atoms with Crippen LogP contribution in [0.5, 0.6) is 0 Å². The molecule has 1 rings (SSSR count). The van der Waals surface area contributed by atoms with Gasteiger partial charge >= 0.3 is 0 Å². The van der Waals surface area contributed by atoms with Crippen LogP contribution in [0.25, 0.3) is 0 Å². The van der Waals surface area contributed by atoms with Crippen molar-refractivity contribution >= 4 is 17.2 Å². The Kier molecular flexibility index (Phi) is 3.17. The van der Waals surface area contributed by atoms with E-state index in [1.165, 1.54) is 0 Å². The molecule has 1 heterocycles. The third kappa shape index (κ3) is 2.28. The zero-order valence-electron chi connectivity index (χ0n) is 8.99. The zero-order valence-corrected chi connectivity index (χ0v) is 8.99. The van der Waals surface area contributed by atoms with Gasteiger partial charge in [0.2, 0.25) is 0 Å². The van der Waals surface area contributed by atoms with Gasteiger partial charge in [-0.05, 0) is 12.0 Å². The van der Waals surface area contributed by atoms with Crippen LogP contribution in [0.2, 0.25) is 0 Å². The fraction of sp³-hybridized carbons (Fsp3) is 0.500. The van der Waals surface area contributed by atoms with E-state index in [4.69, 9.17) is 11.5 Å². The quantitative estimate of drug-likeness (QED) is 0.762. The highest BCUT2D eigenvalue weighted by atomic mass is 15.2. The van der Waals surface area contributed by atoms with Crippen molar-refractivity contribution in [2.45, 2.75) is 13.8 Å². The van der Waals surface area contributed by atoms with Gasteiger partial charge in [0.15, 0.2) is 5.82 Å². The molecule has 0 aliphatic rings. The van der Waals surface area contributed by atoms with Crippen molar-refractivity contribution in [1.82, 2.24) is 4.98 Å². The maximum absolute atomic E-state index is 5.83. The highest BCUT2D eigenvalue weighted by molar-refractivity contribution is 5.75. The van der Waals surface area contributed by atoms with E-state index in [0.29, 0.717) is 17.3 Å². The van der Waals surface area contributed by atoms with Crippen LogP contribution < -0.4 is 16.4 Å². The van der Waals surface area contributed by atoms with Crippen molar-refractivity contribution in [2.75, 3.05) is 30.0 Å². The van der Waals surface area contributed by atoms with Crippen LogP contribution in [0.1, 0.15) is 13.8 Å². The van der Waals surface area contributed by atoms with Crippen molar-refractivity contribution in [3.8, 4) is 0 Å². The van der Waals surface area contributed by atoms with Crippen molar-refractivity contribution in [3.63, 3.8) is 0 Å². The minimum Gasteiger partial charge on any atom is -0.397 e. The van der Waals surface area contributed by atoms with Gasteiger partial charge in [0, 0.05) is 19.8 Å². The van der Waals surface area contributed by atoms with E-state index in [9.17, 15) is 0 Å². The summed E-state index contributed by atoms with van der Waals surface area (Å²) in [6.07, 6.45) is 1.68. The molecule has 0 spiro atoms. The van der Waals surface area contributed by atoms with Crippen molar-refractivity contribution in [3.05, 3.63) is 12.3 Å². The third-order valence-electron chi connectivity index (χ3n) is 2.00. The van der Waals surface area contributed by atoms with Gasteiger partial charge in [0.25, 0.3) is 0 Å². The number of pyridine rings is 1. The molecule has 0 atom stereocenters. The number of anilines is 3. The Morgan fingerprint density at radius 2 is 2.07 bits per heavy atom. The molecule has 4 heteroatoms. The molecule has 0 aliphatic heterocycles. The van der Waals surface area contributed by atoms with Gasteiger partial charge in [-0.15, -0.1) is 0 Å². The van der Waals surface area contributed by atoms with Gasteiger partial charge in [0.05, 0.1) is 11.4 Å². The second-order valence-electron chi connectivity index (χ2n) is 3.91. The standard InChI is InChI=1S/C10H18N4/c1-7(2)6-14(3)10-9(12)8(11)4-5-13-10/h4-5,7H,6,12H2,1-3H3,(H2,11,13). The molecule has 0 aromatic carbocycles. The molecule has 4 nitrogen and oxygen atoms in total. The Hall–Kier alpha value is -1.45. The third-order valence-corrected chi connectivity index (χ3v) is 2.00. The van der Waals surface area contributed by atoms with Crippen LogP contribution in [0, 0.1) is 5.92 Å². The van der Waals surface area contributed by atoms with Crippen LogP contribution in [-0.2, 0) is 0 Å². The van der Waals surface area contributed by atoms with Crippen molar-refractivity contribution in [1.29, 1.82) is 0 Å². The van der Waals surface area contributed by atoms with E-state index in [1.54, 1.807) is 12.3 Å². The van der Waals surface area contributed by atoms with Gasteiger partial charge in [-0.1, -0.05) is 13.8 Å². The first-order valence-electron chi connectivity index (χ1n) is 4.73. The Morgan fingerprint density at radius 1 is 1.43 bits per heavy atom. The minimum absolute atomic E-state index is 0.565. The lowest BCUT2D eigenvalue weighted by molar-refractivity contribution is 0.635. The second kappa shape index (κ2) is 4.17. The lowest BCUT2D eigenvalue weighted by atomic mass is 10.2. The Bertz CT molecular complexity index is 309. The summed E-state index contributed by atoms with van der Waals surface area (Å²) in [5.41, 5.74) is 12.7. The van der Waals surface area contributed by atoms with Gasteiger partial charge in [0.1, 0.15) is 0 Å². The molecule has 0 bridgehead atoms. The van der Waals surface area contributed by atoms with E-state index in [2.05, 4.69) is 18.8 Å². The zero-order chi connectivity index (χ0) is 10.7. The topological polar surface area (TPSA) is 68.2 Å². The number of nitrogen functional groups attached to an aromatic ring is 2. The predicted molar refractivity (Wildman–Crippen MR) is 61.2 cm³/mol. The summed E-state index contributed by atoms with van der Waals surface area (Å²) in [6.45, 7) is 5.22. The number of nitrogens with zero attached hydrogens (tertiary/aromatic N) is 2. The molecular weight excluding hydrogens is 176 g/mol. The van der Waals surface area contributed by atoms with Crippen LogP contribution in [0.3, 0.4) is 0 Å². The van der Waals surface area contributed by atoms with Crippen LogP contribution in [-0.4, -0.2) is 18.6 Å². The first-order valence-corrected chi connectivity index (χ1v) is 4.73. The van der Waals surface area contributed by atoms with Gasteiger partial charge in [-0.3, -0.25) is 0 Å². The number of rotatable bonds is 3. The second-order valence-corrected chi connectivity index (χ2v) is 3.91. The molecule has 0 radical (unpaired) electrons. The molecule has 0 saturated carbocycles. The molecule has 14 heavy (non-hydrogen) atoms. The summed E-state index contributed by atoms with van der Waals surface area (Å²) < 4.78 is 0. The fourth-order valence-electron chi connectivity index (χ4n) is 1.41. The molecule has 0 aliphatic carbocycles. The summed E-state index contributed by atoms with van der Waals surface area (Å²) in [5, 5.41) is 0. The highest BCUT2D eigenvalue weighted by Crippen LogP contribution is 2.24. The molecule has 0 unspecified atom stereocenters. The summed E-state index contributed by atoms with van der Waals surface area (Å²) in [6, 6.07) is 1.71. The number of aromatic nitrogens is 1. The van der Waals surface area contributed by atoms with Crippen molar-refractivity contribution in [2.24, 2.45) is 5.92 Å². The van der Waals surface area contributed by atoms with Crippen molar-refractivity contribution < 1.29 is 0 Å². The fourth-order valence-corrected chi connectivity index (χ4v) is 1.41. The van der Waals surface area contributed by atoms with Crippen LogP contribution in [0.4, 0.5) is 17.2 Å². The van der Waals surface area contributed by atoms with Gasteiger partial charge < -0.3 is 16.4 Å². The molecule has 1 aromatic heterocycles. The van der Waals surface area contributed by atoms with E-state index >= 15 is 0 Å². The molecule has 0 amide bonds. The number of nitrogens with two attached hydrogens (primary N) is 2. The molecule has 78 valence electrons. The summed E-state index contributed by atoms with van der Waals surface area (Å²) >= 11 is 0. The van der Waals surface area contributed by atoms with E-state index < -0.39 is 0 Å². The molecule has 4 N–H and O–H groups in total. The van der Waals surface area contributed by atoms with E-state index in [1.807, 2.05) is 11.9 Å². The molecule has 0 saturated heterocycles. The average Bonchev–Trinajstić information content (AvgIpc) is 2.08. The van der Waals surface area contributed by atoms with E-state index in [0.717, 1.165) is 12.4 Å². The number of hydrogen-bond donors (Lipinski definition) is 2. The minimum atomic E-state index is 0.565. The first kappa shape index (κ1) is 10.6. The molecular formula is C10H18N4. The largest absolute Gasteiger partial charge is 0.397 e. The predicted octanol–water partition coefficient (Wildman–Crippen LogP) is 1.34. The van der Waals surface area contributed by atoms with Crippen LogP contribution >= 0.6 is 0 Å². The smallest absolute Gasteiger partial charge is 0.153 e. The first-order chi connectivity index (χ1) is 6.52. The maximum Gasteiger partial charge on any atom is 0.153 e. The SMILES string of the molecule is CC(C)CN(C)c1nccc(N)c1N. The monoisotopic (exact) mass is 194 g/mol. The van der Waals surface area contributed by atoms with Crippen LogP contribution in [0.15, 0.2) is 12.3 Å². The lowest BCUT2D eigenvalue weighted by Gasteiger charge is -2.22. The van der Waals surface area contributed by atoms with Gasteiger partial charge in [-0.25, -0.2) is 4.98 Å². The van der Waals surface area contributed by atoms with Gasteiger partial charge in [-0.2, -0.15) is 0 Å². The molecule has 1 aromatic rings. The average molecular weight is 194 g/mol. The molecule has 0 fully saturated rings.